The van der Waals surface area contributed by atoms with Gasteiger partial charge in [0.05, 0.1) is 22.5 Å². The molecule has 4 heterocycles. The number of rotatable bonds is 4. The largest absolute Gasteiger partial charge is 0.491 e. The number of halogens is 1. The van der Waals surface area contributed by atoms with Gasteiger partial charge in [-0.3, -0.25) is 9.97 Å². The van der Waals surface area contributed by atoms with E-state index in [2.05, 4.69) is 19.9 Å². The van der Waals surface area contributed by atoms with Gasteiger partial charge in [0.25, 0.3) is 0 Å². The number of nitrogens with zero attached hydrogens (tertiary/aromatic N) is 5. The molecule has 0 bridgehead atoms. The summed E-state index contributed by atoms with van der Waals surface area (Å²) >= 11 is 6.13. The van der Waals surface area contributed by atoms with Crippen LogP contribution in [0, 0.1) is 0 Å². The molecule has 1 aliphatic rings. The molecule has 2 atom stereocenters. The van der Waals surface area contributed by atoms with Crippen molar-refractivity contribution in [1.29, 1.82) is 0 Å². The van der Waals surface area contributed by atoms with Crippen LogP contribution < -0.4 is 4.74 Å². The summed E-state index contributed by atoms with van der Waals surface area (Å²) in [5, 5.41) is 1.29. The van der Waals surface area contributed by atoms with Gasteiger partial charge in [0.1, 0.15) is 35.7 Å². The summed E-state index contributed by atoms with van der Waals surface area (Å²) in [4.78, 5) is 16.9. The molecule has 8 heteroatoms. The summed E-state index contributed by atoms with van der Waals surface area (Å²) in [7, 11) is 0. The molecule has 4 aromatic rings. The predicted molar refractivity (Wildman–Crippen MR) is 101 cm³/mol. The fraction of sp³-hybridized carbons (Fsp3) is 0.263. The Morgan fingerprint density at radius 2 is 1.96 bits per heavy atom. The van der Waals surface area contributed by atoms with E-state index in [0.29, 0.717) is 11.8 Å². The molecule has 27 heavy (non-hydrogen) atoms. The Morgan fingerprint density at radius 3 is 2.89 bits per heavy atom. The minimum Gasteiger partial charge on any atom is -0.491 e. The molecule has 3 aromatic heterocycles. The number of hydrogen-bond donors (Lipinski definition) is 0. The van der Waals surface area contributed by atoms with Gasteiger partial charge >= 0.3 is 0 Å². The van der Waals surface area contributed by atoms with Crippen LogP contribution in [0.5, 0.6) is 5.75 Å². The van der Waals surface area contributed by atoms with Crippen molar-refractivity contribution in [3.8, 4) is 5.75 Å². The first-order valence-electron chi connectivity index (χ1n) is 8.74. The lowest BCUT2D eigenvalue weighted by atomic mass is 10.2. The lowest BCUT2D eigenvalue weighted by Crippen LogP contribution is -2.18. The van der Waals surface area contributed by atoms with Crippen LogP contribution in [-0.4, -0.2) is 37.2 Å². The number of fused-ring (bicyclic) bond motifs is 2. The highest BCUT2D eigenvalue weighted by Crippen LogP contribution is 2.32. The lowest BCUT2D eigenvalue weighted by Gasteiger charge is -2.16. The molecule has 0 amide bonds. The van der Waals surface area contributed by atoms with Gasteiger partial charge in [-0.1, -0.05) is 11.6 Å². The van der Waals surface area contributed by atoms with Gasteiger partial charge in [-0.2, -0.15) is 0 Å². The van der Waals surface area contributed by atoms with Crippen LogP contribution >= 0.6 is 11.6 Å². The molecular weight excluding hydrogens is 366 g/mol. The monoisotopic (exact) mass is 381 g/mol. The van der Waals surface area contributed by atoms with E-state index in [1.165, 1.54) is 6.33 Å². The van der Waals surface area contributed by atoms with Gasteiger partial charge in [-0.25, -0.2) is 9.97 Å². The van der Waals surface area contributed by atoms with E-state index >= 15 is 0 Å². The molecule has 0 unspecified atom stereocenters. The Kier molecular flexibility index (Phi) is 4.10. The summed E-state index contributed by atoms with van der Waals surface area (Å²) in [6.45, 7) is 0.483. The third-order valence-corrected chi connectivity index (χ3v) is 5.03. The van der Waals surface area contributed by atoms with Crippen LogP contribution in [0.1, 0.15) is 19.1 Å². The number of hydrogen-bond acceptors (Lipinski definition) is 6. The van der Waals surface area contributed by atoms with E-state index in [4.69, 9.17) is 21.1 Å². The second-order valence-electron chi connectivity index (χ2n) is 6.43. The fourth-order valence-corrected chi connectivity index (χ4v) is 3.60. The summed E-state index contributed by atoms with van der Waals surface area (Å²) in [5.41, 5.74) is 2.45. The molecule has 0 radical (unpaired) electrons. The average Bonchev–Trinajstić information content (AvgIpc) is 3.33. The molecular formula is C19H16ClN5O2. The first-order chi connectivity index (χ1) is 13.3. The van der Waals surface area contributed by atoms with Crippen molar-refractivity contribution in [1.82, 2.24) is 24.5 Å². The van der Waals surface area contributed by atoms with Crippen molar-refractivity contribution in [3.05, 3.63) is 54.3 Å². The Bertz CT molecular complexity index is 1120. The lowest BCUT2D eigenvalue weighted by molar-refractivity contribution is -0.0156. The molecule has 1 aliphatic heterocycles. The first-order valence-corrected chi connectivity index (χ1v) is 9.12. The highest BCUT2D eigenvalue weighted by molar-refractivity contribution is 6.33. The molecule has 7 nitrogen and oxygen atoms in total. The Balaban J connectivity index is 1.27. The van der Waals surface area contributed by atoms with E-state index in [1.54, 1.807) is 12.4 Å². The van der Waals surface area contributed by atoms with E-state index in [0.717, 1.165) is 40.7 Å². The number of ether oxygens (including phenoxy) is 2. The van der Waals surface area contributed by atoms with Crippen molar-refractivity contribution in [2.75, 3.05) is 6.61 Å². The molecule has 1 aromatic carbocycles. The van der Waals surface area contributed by atoms with Crippen LogP contribution in [0.2, 0.25) is 5.15 Å². The van der Waals surface area contributed by atoms with Crippen molar-refractivity contribution in [3.63, 3.8) is 0 Å². The van der Waals surface area contributed by atoms with Crippen LogP contribution in [0.15, 0.2) is 49.2 Å². The Hall–Kier alpha value is -2.77. The minimum atomic E-state index is -0.0791. The zero-order valence-electron chi connectivity index (χ0n) is 14.3. The van der Waals surface area contributed by atoms with E-state index in [9.17, 15) is 0 Å². The molecule has 0 N–H and O–H groups in total. The highest BCUT2D eigenvalue weighted by Gasteiger charge is 2.28. The van der Waals surface area contributed by atoms with Gasteiger partial charge in [-0.05, 0) is 31.0 Å². The highest BCUT2D eigenvalue weighted by atomic mass is 35.5. The third-order valence-electron chi connectivity index (χ3n) is 4.73. The van der Waals surface area contributed by atoms with E-state index in [-0.39, 0.29) is 12.3 Å². The quantitative estimate of drug-likeness (QED) is 0.501. The minimum absolute atomic E-state index is 0.0160. The second-order valence-corrected chi connectivity index (χ2v) is 6.79. The normalized spacial score (nSPS) is 19.7. The average molecular weight is 382 g/mol. The summed E-state index contributed by atoms with van der Waals surface area (Å²) < 4.78 is 14.1. The topological polar surface area (TPSA) is 75.0 Å². The zero-order valence-corrected chi connectivity index (χ0v) is 15.1. The summed E-state index contributed by atoms with van der Waals surface area (Å²) in [6, 6.07) is 7.63. The molecule has 0 spiro atoms. The van der Waals surface area contributed by atoms with E-state index < -0.39 is 0 Å². The summed E-state index contributed by atoms with van der Waals surface area (Å²) in [5.74, 6) is 0.765. The van der Waals surface area contributed by atoms with Gasteiger partial charge in [0, 0.05) is 24.7 Å². The predicted octanol–water partition coefficient (Wildman–Crippen LogP) is 3.78. The Morgan fingerprint density at radius 1 is 1.07 bits per heavy atom. The standard InChI is InChI=1S/C19H16ClN5O2/c20-18-14-5-8-25(19(14)24-11-23-18)17-4-2-13(27-17)10-26-12-1-3-15-16(9-12)22-7-6-21-15/h1,3,5-9,11,13,17H,2,4,10H2/t13-,17+/m0/s1. The number of benzene rings is 1. The molecule has 136 valence electrons. The van der Waals surface area contributed by atoms with Gasteiger partial charge in [0.15, 0.2) is 0 Å². The molecule has 0 saturated carbocycles. The van der Waals surface area contributed by atoms with Gasteiger partial charge in [-0.15, -0.1) is 0 Å². The molecule has 1 saturated heterocycles. The van der Waals surface area contributed by atoms with Crippen LogP contribution in [0.4, 0.5) is 0 Å². The second kappa shape index (κ2) is 6.75. The molecule has 0 aliphatic carbocycles. The van der Waals surface area contributed by atoms with Crippen molar-refractivity contribution in [2.45, 2.75) is 25.2 Å². The van der Waals surface area contributed by atoms with Gasteiger partial charge in [0.2, 0.25) is 0 Å². The van der Waals surface area contributed by atoms with Gasteiger partial charge < -0.3 is 14.0 Å². The van der Waals surface area contributed by atoms with Crippen molar-refractivity contribution in [2.24, 2.45) is 0 Å². The maximum atomic E-state index is 6.17. The summed E-state index contributed by atoms with van der Waals surface area (Å²) in [6.07, 6.45) is 8.51. The maximum Gasteiger partial charge on any atom is 0.146 e. The smallest absolute Gasteiger partial charge is 0.146 e. The molecule has 1 fully saturated rings. The fourth-order valence-electron chi connectivity index (χ4n) is 3.41. The van der Waals surface area contributed by atoms with Crippen LogP contribution in [0.3, 0.4) is 0 Å². The third kappa shape index (κ3) is 3.09. The van der Waals surface area contributed by atoms with Crippen LogP contribution in [0.25, 0.3) is 22.1 Å². The van der Waals surface area contributed by atoms with Crippen molar-refractivity contribution >= 4 is 33.7 Å². The van der Waals surface area contributed by atoms with Crippen LogP contribution in [-0.2, 0) is 4.74 Å². The maximum absolute atomic E-state index is 6.17. The first kappa shape index (κ1) is 16.4. The molecule has 5 rings (SSSR count). The Labute approximate surface area is 159 Å². The number of aromatic nitrogens is 5. The van der Waals surface area contributed by atoms with Crippen molar-refractivity contribution < 1.29 is 9.47 Å². The van der Waals surface area contributed by atoms with E-state index in [1.807, 2.05) is 35.0 Å². The SMILES string of the molecule is Clc1ncnc2c1ccn2[C@H]1CC[C@@H](COc2ccc3nccnc3c2)O1. The zero-order chi connectivity index (χ0) is 18.2.